The fourth-order valence-corrected chi connectivity index (χ4v) is 2.76. The van der Waals surface area contributed by atoms with Crippen molar-refractivity contribution >= 4 is 11.8 Å². The largest absolute Gasteiger partial charge is 0.384 e. The number of nitrogens with two attached hydrogens (primary N) is 1. The molecule has 3 aromatic rings. The molecule has 1 aromatic carbocycles. The first kappa shape index (κ1) is 14.6. The van der Waals surface area contributed by atoms with Gasteiger partial charge in [-0.05, 0) is 24.3 Å². The van der Waals surface area contributed by atoms with E-state index in [4.69, 9.17) is 10.3 Å². The smallest absolute Gasteiger partial charge is 0.227 e. The van der Waals surface area contributed by atoms with Gasteiger partial charge in [0.1, 0.15) is 17.3 Å². The third-order valence-corrected chi connectivity index (χ3v) is 3.97. The second-order valence-corrected chi connectivity index (χ2v) is 5.51. The van der Waals surface area contributed by atoms with Crippen LogP contribution in [0.15, 0.2) is 35.0 Å². The van der Waals surface area contributed by atoms with Crippen molar-refractivity contribution < 1.29 is 13.3 Å². The fourth-order valence-electron chi connectivity index (χ4n) is 2.76. The summed E-state index contributed by atoms with van der Waals surface area (Å²) in [6.07, 6.45) is 2.21. The van der Waals surface area contributed by atoms with Crippen LogP contribution in [0.25, 0.3) is 11.3 Å². The van der Waals surface area contributed by atoms with E-state index in [1.165, 1.54) is 6.07 Å². The number of benzene rings is 1. The van der Waals surface area contributed by atoms with E-state index in [0.717, 1.165) is 23.5 Å². The van der Waals surface area contributed by atoms with Gasteiger partial charge in [-0.15, -0.1) is 0 Å². The van der Waals surface area contributed by atoms with Crippen LogP contribution < -0.4 is 10.6 Å². The standard InChI is InChI=1S/C16H13F2N5O/c17-11-2-1-9(7-12(11)18)15-10-8-23(6-4-13(10)24-22-15)16-20-5-3-14(19)21-16/h1-3,5,7H,4,6,8H2,(H2,19,20,21). The van der Waals surface area contributed by atoms with E-state index in [2.05, 4.69) is 15.1 Å². The van der Waals surface area contributed by atoms with Crippen molar-refractivity contribution in [2.45, 2.75) is 13.0 Å². The van der Waals surface area contributed by atoms with Gasteiger partial charge in [0, 0.05) is 30.3 Å². The van der Waals surface area contributed by atoms with E-state index in [1.807, 2.05) is 4.90 Å². The molecular weight excluding hydrogens is 316 g/mol. The van der Waals surface area contributed by atoms with Crippen LogP contribution in [-0.4, -0.2) is 21.7 Å². The van der Waals surface area contributed by atoms with Crippen molar-refractivity contribution in [2.75, 3.05) is 17.2 Å². The normalized spacial score (nSPS) is 13.8. The highest BCUT2D eigenvalue weighted by atomic mass is 19.2. The second-order valence-electron chi connectivity index (χ2n) is 5.51. The average molecular weight is 329 g/mol. The SMILES string of the molecule is Nc1ccnc(N2CCc3onc(-c4ccc(F)c(F)c4)c3C2)n1. The Labute approximate surface area is 135 Å². The lowest BCUT2D eigenvalue weighted by Gasteiger charge is -2.26. The van der Waals surface area contributed by atoms with Crippen LogP contribution in [0.2, 0.25) is 0 Å². The van der Waals surface area contributed by atoms with Gasteiger partial charge in [0.15, 0.2) is 11.6 Å². The number of aromatic nitrogens is 3. The number of fused-ring (bicyclic) bond motifs is 1. The molecule has 0 saturated carbocycles. The van der Waals surface area contributed by atoms with Crippen LogP contribution in [0.1, 0.15) is 11.3 Å². The highest BCUT2D eigenvalue weighted by molar-refractivity contribution is 5.64. The Bertz CT molecular complexity index is 911. The lowest BCUT2D eigenvalue weighted by molar-refractivity contribution is 0.378. The molecule has 0 aliphatic carbocycles. The fraction of sp³-hybridized carbons (Fsp3) is 0.188. The lowest BCUT2D eigenvalue weighted by atomic mass is 10.0. The minimum Gasteiger partial charge on any atom is -0.384 e. The van der Waals surface area contributed by atoms with Gasteiger partial charge in [0.05, 0.1) is 6.54 Å². The van der Waals surface area contributed by atoms with Crippen molar-refractivity contribution in [3.8, 4) is 11.3 Å². The molecule has 122 valence electrons. The molecule has 4 rings (SSSR count). The maximum atomic E-state index is 13.5. The van der Waals surface area contributed by atoms with Crippen LogP contribution in [0, 0.1) is 11.6 Å². The van der Waals surface area contributed by atoms with Gasteiger partial charge in [-0.25, -0.2) is 13.8 Å². The summed E-state index contributed by atoms with van der Waals surface area (Å²) in [7, 11) is 0. The molecule has 1 aliphatic heterocycles. The Morgan fingerprint density at radius 2 is 2.04 bits per heavy atom. The summed E-state index contributed by atoms with van der Waals surface area (Å²) < 4.78 is 32.0. The van der Waals surface area contributed by atoms with E-state index >= 15 is 0 Å². The zero-order valence-corrected chi connectivity index (χ0v) is 12.5. The van der Waals surface area contributed by atoms with Gasteiger partial charge in [0.25, 0.3) is 0 Å². The second kappa shape index (κ2) is 5.55. The molecule has 24 heavy (non-hydrogen) atoms. The van der Waals surface area contributed by atoms with Gasteiger partial charge in [0.2, 0.25) is 5.95 Å². The van der Waals surface area contributed by atoms with E-state index in [9.17, 15) is 8.78 Å². The Morgan fingerprint density at radius 1 is 1.17 bits per heavy atom. The maximum Gasteiger partial charge on any atom is 0.227 e. The summed E-state index contributed by atoms with van der Waals surface area (Å²) in [5.41, 5.74) is 7.49. The molecular formula is C16H13F2N5O. The number of nitrogen functional groups attached to an aromatic ring is 1. The number of hydrogen-bond donors (Lipinski definition) is 1. The number of nitrogens with zero attached hydrogens (tertiary/aromatic N) is 4. The topological polar surface area (TPSA) is 81.1 Å². The Morgan fingerprint density at radius 3 is 2.83 bits per heavy atom. The third-order valence-electron chi connectivity index (χ3n) is 3.97. The zero-order valence-electron chi connectivity index (χ0n) is 12.5. The quantitative estimate of drug-likeness (QED) is 0.778. The molecule has 2 N–H and O–H groups in total. The van der Waals surface area contributed by atoms with Crippen molar-refractivity contribution in [3.05, 3.63) is 53.4 Å². The molecule has 0 amide bonds. The molecule has 0 atom stereocenters. The van der Waals surface area contributed by atoms with Gasteiger partial charge < -0.3 is 15.2 Å². The minimum atomic E-state index is -0.920. The predicted molar refractivity (Wildman–Crippen MR) is 83.1 cm³/mol. The number of hydrogen-bond acceptors (Lipinski definition) is 6. The minimum absolute atomic E-state index is 0.386. The summed E-state index contributed by atoms with van der Waals surface area (Å²) in [4.78, 5) is 10.4. The molecule has 0 radical (unpaired) electrons. The van der Waals surface area contributed by atoms with Crippen LogP contribution in [0.5, 0.6) is 0 Å². The van der Waals surface area contributed by atoms with Gasteiger partial charge in [-0.3, -0.25) is 0 Å². The van der Waals surface area contributed by atoms with Crippen molar-refractivity contribution in [1.82, 2.24) is 15.1 Å². The Kier molecular flexibility index (Phi) is 3.37. The summed E-state index contributed by atoms with van der Waals surface area (Å²) in [5.74, 6) is -0.188. The van der Waals surface area contributed by atoms with E-state index in [-0.39, 0.29) is 0 Å². The first-order chi connectivity index (χ1) is 11.6. The van der Waals surface area contributed by atoms with Gasteiger partial charge in [-0.2, -0.15) is 4.98 Å². The molecule has 0 unspecified atom stereocenters. The zero-order chi connectivity index (χ0) is 16.7. The van der Waals surface area contributed by atoms with Gasteiger partial charge in [-0.1, -0.05) is 5.16 Å². The summed E-state index contributed by atoms with van der Waals surface area (Å²) >= 11 is 0. The highest BCUT2D eigenvalue weighted by Gasteiger charge is 2.26. The molecule has 3 heterocycles. The molecule has 0 spiro atoms. The molecule has 1 aliphatic rings. The molecule has 0 saturated heterocycles. The Balaban J connectivity index is 1.70. The number of halogens is 2. The van der Waals surface area contributed by atoms with Crippen LogP contribution >= 0.6 is 0 Å². The van der Waals surface area contributed by atoms with Crippen LogP contribution in [0.3, 0.4) is 0 Å². The maximum absolute atomic E-state index is 13.5. The molecule has 8 heteroatoms. The average Bonchev–Trinajstić information content (AvgIpc) is 3.00. The third kappa shape index (κ3) is 2.45. The first-order valence-electron chi connectivity index (χ1n) is 7.38. The lowest BCUT2D eigenvalue weighted by Crippen LogP contribution is -2.31. The number of anilines is 2. The molecule has 0 fully saturated rings. The summed E-state index contributed by atoms with van der Waals surface area (Å²) in [6, 6.07) is 5.29. The molecule has 0 bridgehead atoms. The Hall–Kier alpha value is -3.03. The van der Waals surface area contributed by atoms with Crippen molar-refractivity contribution in [2.24, 2.45) is 0 Å². The van der Waals surface area contributed by atoms with Crippen LogP contribution in [0.4, 0.5) is 20.5 Å². The van der Waals surface area contributed by atoms with E-state index in [1.54, 1.807) is 12.3 Å². The van der Waals surface area contributed by atoms with Crippen LogP contribution in [-0.2, 0) is 13.0 Å². The highest BCUT2D eigenvalue weighted by Crippen LogP contribution is 2.31. The first-order valence-corrected chi connectivity index (χ1v) is 7.38. The molecule has 6 nitrogen and oxygen atoms in total. The van der Waals surface area contributed by atoms with Crippen molar-refractivity contribution in [1.29, 1.82) is 0 Å². The summed E-state index contributed by atoms with van der Waals surface area (Å²) in [5, 5.41) is 4.03. The summed E-state index contributed by atoms with van der Waals surface area (Å²) in [6.45, 7) is 1.11. The van der Waals surface area contributed by atoms with Crippen molar-refractivity contribution in [3.63, 3.8) is 0 Å². The predicted octanol–water partition coefficient (Wildman–Crippen LogP) is 2.55. The molecule has 2 aromatic heterocycles. The van der Waals surface area contributed by atoms with E-state index < -0.39 is 11.6 Å². The monoisotopic (exact) mass is 329 g/mol. The van der Waals surface area contributed by atoms with Gasteiger partial charge >= 0.3 is 0 Å². The van der Waals surface area contributed by atoms with E-state index in [0.29, 0.717) is 42.5 Å². The number of rotatable bonds is 2.